The highest BCUT2D eigenvalue weighted by molar-refractivity contribution is 5.93. The Balaban J connectivity index is 2.39. The number of hydrogen-bond donors (Lipinski definition) is 1. The zero-order valence-corrected chi connectivity index (χ0v) is 28.0. The van der Waals surface area contributed by atoms with Gasteiger partial charge >= 0.3 is 29.8 Å². The van der Waals surface area contributed by atoms with Crippen LogP contribution in [0.3, 0.4) is 0 Å². The molecular formula is C35H44O12. The van der Waals surface area contributed by atoms with Gasteiger partial charge in [0, 0.05) is 44.6 Å². The summed E-state index contributed by atoms with van der Waals surface area (Å²) in [5.74, 6) is -7.51. The maximum Gasteiger partial charge on any atom is 0.338 e. The topological polar surface area (TPSA) is 169 Å². The van der Waals surface area contributed by atoms with Gasteiger partial charge in [0.25, 0.3) is 0 Å². The normalized spacial score (nSPS) is 32.8. The first kappa shape index (κ1) is 37.1. The van der Waals surface area contributed by atoms with Crippen LogP contribution in [-0.2, 0) is 47.7 Å². The summed E-state index contributed by atoms with van der Waals surface area (Å²) in [5, 5.41) is 12.8. The van der Waals surface area contributed by atoms with Crippen LogP contribution >= 0.6 is 0 Å². The van der Waals surface area contributed by atoms with E-state index in [-0.39, 0.29) is 17.6 Å². The molecule has 256 valence electrons. The minimum Gasteiger partial charge on any atom is -0.459 e. The summed E-state index contributed by atoms with van der Waals surface area (Å²) in [5.41, 5.74) is -3.44. The number of Topliss-reactive ketones (excluding diaryl/α,β-unsaturated/α-hetero) is 1. The molecule has 1 fully saturated rings. The lowest BCUT2D eigenvalue weighted by Gasteiger charge is -2.45. The molecule has 12 nitrogen and oxygen atoms in total. The summed E-state index contributed by atoms with van der Waals surface area (Å²) in [6.45, 7) is 15.0. The van der Waals surface area contributed by atoms with Gasteiger partial charge in [-0.05, 0) is 38.3 Å². The second kappa shape index (κ2) is 14.6. The third-order valence-corrected chi connectivity index (χ3v) is 8.58. The van der Waals surface area contributed by atoms with Crippen LogP contribution in [-0.4, -0.2) is 76.9 Å². The number of aliphatic hydroxyl groups is 1. The predicted molar refractivity (Wildman–Crippen MR) is 166 cm³/mol. The van der Waals surface area contributed by atoms with Gasteiger partial charge in [0.15, 0.2) is 11.9 Å². The molecule has 9 atom stereocenters. The van der Waals surface area contributed by atoms with Crippen LogP contribution in [0.25, 0.3) is 0 Å². The van der Waals surface area contributed by atoms with E-state index >= 15 is 0 Å². The highest BCUT2D eigenvalue weighted by Crippen LogP contribution is 2.51. The highest BCUT2D eigenvalue weighted by Gasteiger charge is 2.64. The van der Waals surface area contributed by atoms with Gasteiger partial charge in [-0.25, -0.2) is 4.79 Å². The van der Waals surface area contributed by atoms with Crippen LogP contribution in [0, 0.1) is 23.2 Å². The van der Waals surface area contributed by atoms with E-state index in [2.05, 4.69) is 6.58 Å². The SMILES string of the molecule is C=C1[C@H](OC(C)=O)[C@H]2[C@@H](OC(=O)c3ccccc3)[C@@H](C)C[C@]2(O)[C@H](OC(C)=O)[C@H](C)/C=C/C(C)(C)C(=O)[C@H](OC(C)=O)[C@H]1OC(C)=O. The Labute approximate surface area is 274 Å². The van der Waals surface area contributed by atoms with Gasteiger partial charge in [0.05, 0.1) is 11.5 Å². The van der Waals surface area contributed by atoms with Crippen molar-refractivity contribution in [3.8, 4) is 0 Å². The van der Waals surface area contributed by atoms with E-state index in [0.29, 0.717) is 0 Å². The lowest BCUT2D eigenvalue weighted by Crippen LogP contribution is -2.59. The number of allylic oxidation sites excluding steroid dienone is 1. The zero-order chi connectivity index (χ0) is 35.4. The molecular weight excluding hydrogens is 612 g/mol. The number of carbonyl (C=O) groups excluding carboxylic acids is 6. The predicted octanol–water partition coefficient (Wildman–Crippen LogP) is 3.68. The van der Waals surface area contributed by atoms with E-state index in [4.69, 9.17) is 23.7 Å². The molecule has 0 heterocycles. The smallest absolute Gasteiger partial charge is 0.338 e. The largest absolute Gasteiger partial charge is 0.459 e. The number of carbonyl (C=O) groups is 6. The van der Waals surface area contributed by atoms with Crippen LogP contribution in [0.5, 0.6) is 0 Å². The molecule has 1 saturated carbocycles. The maximum absolute atomic E-state index is 14.1. The number of rotatable bonds is 6. The van der Waals surface area contributed by atoms with Crippen molar-refractivity contribution in [2.75, 3.05) is 0 Å². The van der Waals surface area contributed by atoms with E-state index in [1.807, 2.05) is 0 Å². The van der Waals surface area contributed by atoms with Gasteiger partial charge in [-0.3, -0.25) is 24.0 Å². The Bertz CT molecular complexity index is 1430. The average molecular weight is 657 g/mol. The molecule has 3 rings (SSSR count). The van der Waals surface area contributed by atoms with Crippen molar-refractivity contribution in [1.82, 2.24) is 0 Å². The lowest BCUT2D eigenvalue weighted by molar-refractivity contribution is -0.192. The van der Waals surface area contributed by atoms with Crippen molar-refractivity contribution in [3.63, 3.8) is 0 Å². The molecule has 2 aliphatic carbocycles. The summed E-state index contributed by atoms with van der Waals surface area (Å²) >= 11 is 0. The molecule has 12 heteroatoms. The summed E-state index contributed by atoms with van der Waals surface area (Å²) in [4.78, 5) is 77.6. The Hall–Kier alpha value is -4.32. The van der Waals surface area contributed by atoms with Crippen LogP contribution in [0.2, 0.25) is 0 Å². The van der Waals surface area contributed by atoms with Gasteiger partial charge < -0.3 is 28.8 Å². The van der Waals surface area contributed by atoms with Crippen LogP contribution in [0.15, 0.2) is 54.6 Å². The third-order valence-electron chi connectivity index (χ3n) is 8.58. The van der Waals surface area contributed by atoms with E-state index in [1.54, 1.807) is 64.1 Å². The van der Waals surface area contributed by atoms with Crippen molar-refractivity contribution in [1.29, 1.82) is 0 Å². The fraction of sp³-hybridized carbons (Fsp3) is 0.543. The minimum atomic E-state index is -2.05. The Morgan fingerprint density at radius 1 is 0.787 bits per heavy atom. The molecule has 0 aromatic heterocycles. The molecule has 47 heavy (non-hydrogen) atoms. The van der Waals surface area contributed by atoms with Gasteiger partial charge in [0.2, 0.25) is 6.10 Å². The molecule has 0 amide bonds. The van der Waals surface area contributed by atoms with E-state index in [1.165, 1.54) is 13.0 Å². The number of hydrogen-bond acceptors (Lipinski definition) is 12. The molecule has 0 radical (unpaired) electrons. The fourth-order valence-corrected chi connectivity index (χ4v) is 6.55. The quantitative estimate of drug-likeness (QED) is 0.268. The molecule has 1 aromatic rings. The number of fused-ring (bicyclic) bond motifs is 1. The number of esters is 5. The van der Waals surface area contributed by atoms with Gasteiger partial charge in [-0.1, -0.05) is 50.8 Å². The second-order valence-electron chi connectivity index (χ2n) is 12.9. The Kier molecular flexibility index (Phi) is 11.6. The first-order chi connectivity index (χ1) is 21.8. The number of ketones is 1. The summed E-state index contributed by atoms with van der Waals surface area (Å²) in [7, 11) is 0. The number of benzene rings is 1. The second-order valence-corrected chi connectivity index (χ2v) is 12.9. The van der Waals surface area contributed by atoms with Crippen molar-refractivity contribution >= 4 is 35.6 Å². The third kappa shape index (κ3) is 8.34. The Morgan fingerprint density at radius 3 is 1.83 bits per heavy atom. The molecule has 0 saturated heterocycles. The molecule has 0 bridgehead atoms. The maximum atomic E-state index is 14.1. The average Bonchev–Trinajstić information content (AvgIpc) is 3.22. The monoisotopic (exact) mass is 656 g/mol. The molecule has 1 aromatic carbocycles. The molecule has 0 unspecified atom stereocenters. The van der Waals surface area contributed by atoms with Gasteiger partial charge in [0.1, 0.15) is 23.9 Å². The summed E-state index contributed by atoms with van der Waals surface area (Å²) < 4.78 is 28.6. The van der Waals surface area contributed by atoms with E-state index in [9.17, 15) is 33.9 Å². The fourth-order valence-electron chi connectivity index (χ4n) is 6.55. The van der Waals surface area contributed by atoms with Crippen LogP contribution < -0.4 is 0 Å². The molecule has 0 spiro atoms. The standard InChI is InChI=1S/C35H44O12/c1-18-15-16-34(8,9)31(40)30(45-23(6)38)29(44-22(5)37)20(3)28(43-21(4)36)26-27(47-33(41)25-13-11-10-12-14-25)19(2)17-35(26,42)32(18)46-24(7)39/h10-16,18-19,26-30,32,42H,3,17H2,1-2,4-9H3/b16-15+/t18-,19+,26-,27+,28+,29+,30-,32-,35-/m1/s1. The van der Waals surface area contributed by atoms with Crippen molar-refractivity contribution < 1.29 is 57.6 Å². The molecule has 2 aliphatic rings. The summed E-state index contributed by atoms with van der Waals surface area (Å²) in [6.07, 6.45) is -4.58. The van der Waals surface area contributed by atoms with Crippen LogP contribution in [0.1, 0.15) is 72.2 Å². The van der Waals surface area contributed by atoms with Gasteiger partial charge in [-0.2, -0.15) is 0 Å². The van der Waals surface area contributed by atoms with Crippen molar-refractivity contribution in [3.05, 3.63) is 60.2 Å². The van der Waals surface area contributed by atoms with Crippen LogP contribution in [0.4, 0.5) is 0 Å². The highest BCUT2D eigenvalue weighted by atomic mass is 16.6. The number of ether oxygens (including phenoxy) is 5. The zero-order valence-electron chi connectivity index (χ0n) is 28.0. The first-order valence-electron chi connectivity index (χ1n) is 15.4. The summed E-state index contributed by atoms with van der Waals surface area (Å²) in [6, 6.07) is 8.09. The van der Waals surface area contributed by atoms with Crippen molar-refractivity contribution in [2.24, 2.45) is 23.2 Å². The minimum absolute atomic E-state index is 0.0977. The van der Waals surface area contributed by atoms with Gasteiger partial charge in [-0.15, -0.1) is 0 Å². The molecule has 0 aliphatic heterocycles. The molecule has 1 N–H and O–H groups in total. The van der Waals surface area contributed by atoms with E-state index < -0.39 is 94.9 Å². The first-order valence-corrected chi connectivity index (χ1v) is 15.4. The van der Waals surface area contributed by atoms with Crippen molar-refractivity contribution in [2.45, 2.75) is 97.9 Å². The Morgan fingerprint density at radius 2 is 1.30 bits per heavy atom. The lowest BCUT2D eigenvalue weighted by atomic mass is 9.72. The van der Waals surface area contributed by atoms with E-state index in [0.717, 1.165) is 20.8 Å².